The van der Waals surface area contributed by atoms with Crippen LogP contribution >= 0.6 is 0 Å². The van der Waals surface area contributed by atoms with Crippen molar-refractivity contribution >= 4 is 5.69 Å². The Bertz CT molecular complexity index is 338. The van der Waals surface area contributed by atoms with Crippen molar-refractivity contribution in [1.29, 1.82) is 0 Å². The fourth-order valence-corrected chi connectivity index (χ4v) is 0.965. The lowest BCUT2D eigenvalue weighted by atomic mass is 10.1. The zero-order chi connectivity index (χ0) is 10.0. The fraction of sp³-hybridized carbons (Fsp3) is 0.250. The molecule has 0 aliphatic heterocycles. The van der Waals surface area contributed by atoms with E-state index in [1.165, 1.54) is 6.92 Å². The third-order valence-corrected chi connectivity index (χ3v) is 1.64. The van der Waals surface area contributed by atoms with Gasteiger partial charge in [-0.1, -0.05) is 0 Å². The molecular weight excluding hydrogens is 177 g/mol. The molecule has 0 radical (unpaired) electrons. The molecule has 1 atom stereocenters. The van der Waals surface area contributed by atoms with Crippen molar-refractivity contribution in [2.75, 3.05) is 0 Å². The van der Waals surface area contributed by atoms with Crippen molar-refractivity contribution in [3.63, 3.8) is 0 Å². The molecule has 0 spiro atoms. The zero-order valence-electron chi connectivity index (χ0n) is 6.90. The van der Waals surface area contributed by atoms with Crippen molar-refractivity contribution in [2.24, 2.45) is 0 Å². The summed E-state index contributed by atoms with van der Waals surface area (Å²) in [6.07, 6.45) is -1.04. The number of benzene rings is 1. The van der Waals surface area contributed by atoms with E-state index in [1.807, 2.05) is 0 Å². The van der Waals surface area contributed by atoms with Crippen LogP contribution in [0.4, 0.5) is 10.1 Å². The maximum Gasteiger partial charge on any atom is 0.270 e. The molecule has 0 aliphatic rings. The molecule has 5 heteroatoms. The second-order valence-corrected chi connectivity index (χ2v) is 2.64. The molecule has 1 N–H and O–H groups in total. The predicted octanol–water partition coefficient (Wildman–Crippen LogP) is 1.79. The van der Waals surface area contributed by atoms with Crippen LogP contribution in [0.1, 0.15) is 18.6 Å². The van der Waals surface area contributed by atoms with E-state index in [4.69, 9.17) is 5.11 Å². The molecule has 1 aromatic rings. The minimum absolute atomic E-state index is 0.0609. The number of nitro benzene ring substituents is 1. The van der Waals surface area contributed by atoms with E-state index >= 15 is 0 Å². The first-order chi connectivity index (χ1) is 6.02. The van der Waals surface area contributed by atoms with E-state index in [0.717, 1.165) is 18.2 Å². The van der Waals surface area contributed by atoms with Gasteiger partial charge < -0.3 is 5.11 Å². The summed E-state index contributed by atoms with van der Waals surface area (Å²) in [5.41, 5.74) is -0.286. The smallest absolute Gasteiger partial charge is 0.270 e. The first-order valence-corrected chi connectivity index (χ1v) is 3.64. The zero-order valence-corrected chi connectivity index (χ0v) is 6.90. The second kappa shape index (κ2) is 3.49. The number of nitrogens with zero attached hydrogens (tertiary/aromatic N) is 1. The van der Waals surface area contributed by atoms with Crippen LogP contribution in [0.15, 0.2) is 18.2 Å². The van der Waals surface area contributed by atoms with E-state index < -0.39 is 16.8 Å². The molecule has 0 bridgehead atoms. The van der Waals surface area contributed by atoms with Crippen LogP contribution in [0.2, 0.25) is 0 Å². The highest BCUT2D eigenvalue weighted by atomic mass is 19.1. The van der Waals surface area contributed by atoms with E-state index in [-0.39, 0.29) is 11.3 Å². The van der Waals surface area contributed by atoms with Gasteiger partial charge in [0.2, 0.25) is 0 Å². The largest absolute Gasteiger partial charge is 0.389 e. The van der Waals surface area contributed by atoms with E-state index in [2.05, 4.69) is 0 Å². The molecule has 0 amide bonds. The van der Waals surface area contributed by atoms with Crippen LogP contribution in [0.5, 0.6) is 0 Å². The quantitative estimate of drug-likeness (QED) is 0.564. The highest BCUT2D eigenvalue weighted by Crippen LogP contribution is 2.21. The van der Waals surface area contributed by atoms with Gasteiger partial charge in [0.25, 0.3) is 5.69 Å². The number of aliphatic hydroxyl groups excluding tert-OH is 1. The van der Waals surface area contributed by atoms with Gasteiger partial charge in [0.05, 0.1) is 11.0 Å². The van der Waals surface area contributed by atoms with Gasteiger partial charge >= 0.3 is 0 Å². The number of hydrogen-bond donors (Lipinski definition) is 1. The normalized spacial score (nSPS) is 12.5. The molecule has 0 aliphatic carbocycles. The number of nitro groups is 1. The molecule has 0 saturated carbocycles. The molecule has 0 unspecified atom stereocenters. The Hall–Kier alpha value is -1.49. The van der Waals surface area contributed by atoms with Gasteiger partial charge in [0, 0.05) is 17.7 Å². The van der Waals surface area contributed by atoms with Gasteiger partial charge in [0.15, 0.2) is 0 Å². The maximum atomic E-state index is 12.9. The summed E-state index contributed by atoms with van der Waals surface area (Å²) < 4.78 is 12.9. The van der Waals surface area contributed by atoms with Crippen molar-refractivity contribution < 1.29 is 14.4 Å². The van der Waals surface area contributed by atoms with Crippen LogP contribution in [0, 0.1) is 15.9 Å². The Labute approximate surface area is 73.8 Å². The Balaban J connectivity index is 3.19. The van der Waals surface area contributed by atoms with E-state index in [9.17, 15) is 14.5 Å². The summed E-state index contributed by atoms with van der Waals surface area (Å²) in [5.74, 6) is -0.638. The first kappa shape index (κ1) is 9.60. The van der Waals surface area contributed by atoms with Gasteiger partial charge in [-0.15, -0.1) is 0 Å². The lowest BCUT2D eigenvalue weighted by Crippen LogP contribution is -1.97. The van der Waals surface area contributed by atoms with Crippen molar-refractivity contribution in [3.05, 3.63) is 39.7 Å². The van der Waals surface area contributed by atoms with Crippen molar-refractivity contribution in [1.82, 2.24) is 0 Å². The fourth-order valence-electron chi connectivity index (χ4n) is 0.965. The van der Waals surface area contributed by atoms with Crippen LogP contribution < -0.4 is 0 Å². The Kier molecular flexibility index (Phi) is 2.57. The van der Waals surface area contributed by atoms with Crippen molar-refractivity contribution in [2.45, 2.75) is 13.0 Å². The van der Waals surface area contributed by atoms with Gasteiger partial charge in [-0.25, -0.2) is 4.39 Å². The van der Waals surface area contributed by atoms with Gasteiger partial charge in [0.1, 0.15) is 5.82 Å². The highest BCUT2D eigenvalue weighted by molar-refractivity contribution is 5.36. The lowest BCUT2D eigenvalue weighted by Gasteiger charge is -2.04. The lowest BCUT2D eigenvalue weighted by molar-refractivity contribution is -0.385. The summed E-state index contributed by atoms with van der Waals surface area (Å²) in [4.78, 5) is 9.65. The van der Waals surface area contributed by atoms with Crippen LogP contribution in [-0.4, -0.2) is 10.0 Å². The first-order valence-electron chi connectivity index (χ1n) is 3.64. The number of hydrogen-bond acceptors (Lipinski definition) is 3. The summed E-state index contributed by atoms with van der Waals surface area (Å²) in [6, 6.07) is 3.06. The maximum absolute atomic E-state index is 12.9. The molecule has 1 rings (SSSR count). The predicted molar refractivity (Wildman–Crippen MR) is 43.7 cm³/mol. The average molecular weight is 185 g/mol. The third-order valence-electron chi connectivity index (χ3n) is 1.64. The van der Waals surface area contributed by atoms with Crippen molar-refractivity contribution in [3.8, 4) is 0 Å². The van der Waals surface area contributed by atoms with Crippen LogP contribution in [-0.2, 0) is 0 Å². The third kappa shape index (κ3) is 2.00. The Morgan fingerprint density at radius 2 is 2.23 bits per heavy atom. The SMILES string of the molecule is C[C@H](O)c1cc([N+](=O)[O-])ccc1F. The van der Waals surface area contributed by atoms with E-state index in [0.29, 0.717) is 0 Å². The Morgan fingerprint density at radius 1 is 1.62 bits per heavy atom. The summed E-state index contributed by atoms with van der Waals surface area (Å²) in [6.45, 7) is 1.35. The standard InChI is InChI=1S/C8H8FNO3/c1-5(11)7-4-6(10(12)13)2-3-8(7)9/h2-5,11H,1H3/t5-/m0/s1. The van der Waals surface area contributed by atoms with Crippen LogP contribution in [0.3, 0.4) is 0 Å². The molecule has 0 aromatic heterocycles. The molecule has 0 saturated heterocycles. The summed E-state index contributed by atoms with van der Waals surface area (Å²) in [7, 11) is 0. The monoisotopic (exact) mass is 185 g/mol. The van der Waals surface area contributed by atoms with Gasteiger partial charge in [-0.05, 0) is 13.0 Å². The minimum Gasteiger partial charge on any atom is -0.389 e. The molecule has 13 heavy (non-hydrogen) atoms. The molecular formula is C8H8FNO3. The summed E-state index contributed by atoms with van der Waals surface area (Å²) in [5, 5.41) is 19.3. The molecule has 4 nitrogen and oxygen atoms in total. The second-order valence-electron chi connectivity index (χ2n) is 2.64. The molecule has 1 aromatic carbocycles. The van der Waals surface area contributed by atoms with E-state index in [1.54, 1.807) is 0 Å². The average Bonchev–Trinajstić information content (AvgIpc) is 2.04. The number of halogens is 1. The number of aliphatic hydroxyl groups is 1. The number of non-ortho nitro benzene ring substituents is 1. The molecule has 0 fully saturated rings. The summed E-state index contributed by atoms with van der Waals surface area (Å²) >= 11 is 0. The number of rotatable bonds is 2. The minimum atomic E-state index is -1.04. The highest BCUT2D eigenvalue weighted by Gasteiger charge is 2.13. The van der Waals surface area contributed by atoms with Gasteiger partial charge in [-0.3, -0.25) is 10.1 Å². The van der Waals surface area contributed by atoms with Gasteiger partial charge in [-0.2, -0.15) is 0 Å². The topological polar surface area (TPSA) is 63.4 Å². The molecule has 70 valence electrons. The Morgan fingerprint density at radius 3 is 2.69 bits per heavy atom. The molecule has 0 heterocycles. The van der Waals surface area contributed by atoms with Crippen LogP contribution in [0.25, 0.3) is 0 Å².